The van der Waals surface area contributed by atoms with Crippen LogP contribution in [0.2, 0.25) is 0 Å². The Labute approximate surface area is 119 Å². The summed E-state index contributed by atoms with van der Waals surface area (Å²) in [5.41, 5.74) is 0.332. The summed E-state index contributed by atoms with van der Waals surface area (Å²) in [5, 5.41) is 22.9. The van der Waals surface area contributed by atoms with E-state index in [4.69, 9.17) is 9.84 Å². The monoisotopic (exact) mass is 288 g/mol. The van der Waals surface area contributed by atoms with Crippen molar-refractivity contribution in [1.82, 2.24) is 0 Å². The summed E-state index contributed by atoms with van der Waals surface area (Å²) in [7, 11) is 1.47. The van der Waals surface area contributed by atoms with Gasteiger partial charge in [-0.2, -0.15) is 0 Å². The zero-order valence-electron chi connectivity index (χ0n) is 11.1. The van der Waals surface area contributed by atoms with Gasteiger partial charge >= 0.3 is 5.97 Å². The maximum atomic E-state index is 11.0. The molecule has 0 bridgehead atoms. The van der Waals surface area contributed by atoms with Crippen molar-refractivity contribution >= 4 is 23.0 Å². The SMILES string of the molecule is COc1ccccc1Nc1cc(C(=O)O)ccc1[N+](=O)[O-]. The highest BCUT2D eigenvalue weighted by atomic mass is 16.6. The maximum Gasteiger partial charge on any atom is 0.335 e. The van der Waals surface area contributed by atoms with Crippen molar-refractivity contribution in [2.24, 2.45) is 0 Å². The molecular formula is C14H12N2O5. The summed E-state index contributed by atoms with van der Waals surface area (Å²) in [4.78, 5) is 21.4. The second-order valence-corrected chi connectivity index (χ2v) is 4.12. The highest BCUT2D eigenvalue weighted by molar-refractivity contribution is 5.90. The number of methoxy groups -OCH3 is 1. The van der Waals surface area contributed by atoms with Gasteiger partial charge in [-0.3, -0.25) is 10.1 Å². The van der Waals surface area contributed by atoms with Gasteiger partial charge in [-0.25, -0.2) is 4.79 Å². The van der Waals surface area contributed by atoms with Crippen LogP contribution in [0, 0.1) is 10.1 Å². The van der Waals surface area contributed by atoms with Gasteiger partial charge in [-0.15, -0.1) is 0 Å². The number of nitro benzene ring substituents is 1. The highest BCUT2D eigenvalue weighted by Crippen LogP contribution is 2.32. The van der Waals surface area contributed by atoms with Crippen molar-refractivity contribution in [1.29, 1.82) is 0 Å². The molecule has 0 unspecified atom stereocenters. The molecule has 7 nitrogen and oxygen atoms in total. The molecule has 2 aromatic rings. The first-order valence-corrected chi connectivity index (χ1v) is 5.94. The van der Waals surface area contributed by atoms with Crippen LogP contribution in [0.1, 0.15) is 10.4 Å². The minimum atomic E-state index is -1.16. The lowest BCUT2D eigenvalue weighted by atomic mass is 10.1. The molecule has 2 N–H and O–H groups in total. The molecule has 0 atom stereocenters. The smallest absolute Gasteiger partial charge is 0.335 e. The minimum absolute atomic E-state index is 0.0435. The fraction of sp³-hybridized carbons (Fsp3) is 0.0714. The van der Waals surface area contributed by atoms with Gasteiger partial charge in [0.1, 0.15) is 11.4 Å². The summed E-state index contributed by atoms with van der Waals surface area (Å²) < 4.78 is 5.15. The fourth-order valence-corrected chi connectivity index (χ4v) is 1.82. The lowest BCUT2D eigenvalue weighted by Gasteiger charge is -2.11. The van der Waals surface area contributed by atoms with Gasteiger partial charge in [-0.1, -0.05) is 12.1 Å². The first-order valence-electron chi connectivity index (χ1n) is 5.94. The number of nitro groups is 1. The second-order valence-electron chi connectivity index (χ2n) is 4.12. The molecule has 0 aliphatic heterocycles. The van der Waals surface area contributed by atoms with Gasteiger partial charge < -0.3 is 15.2 Å². The number of benzene rings is 2. The number of nitrogens with zero attached hydrogens (tertiary/aromatic N) is 1. The number of carbonyl (C=O) groups is 1. The molecule has 0 saturated heterocycles. The molecule has 0 saturated carbocycles. The molecule has 21 heavy (non-hydrogen) atoms. The predicted molar refractivity (Wildman–Crippen MR) is 76.3 cm³/mol. The lowest BCUT2D eigenvalue weighted by Crippen LogP contribution is -2.02. The van der Waals surface area contributed by atoms with Gasteiger partial charge in [0.2, 0.25) is 0 Å². The van der Waals surface area contributed by atoms with E-state index in [1.165, 1.54) is 19.2 Å². The van der Waals surface area contributed by atoms with E-state index in [-0.39, 0.29) is 16.9 Å². The summed E-state index contributed by atoms with van der Waals surface area (Å²) in [6, 6.07) is 10.4. The summed E-state index contributed by atoms with van der Waals surface area (Å²) in [6.45, 7) is 0. The third-order valence-electron chi connectivity index (χ3n) is 2.82. The number of carboxylic acid groups (broad SMARTS) is 1. The Morgan fingerprint density at radius 3 is 2.57 bits per heavy atom. The number of hydrogen-bond acceptors (Lipinski definition) is 5. The number of nitrogens with one attached hydrogen (secondary N) is 1. The van der Waals surface area contributed by atoms with Crippen molar-refractivity contribution < 1.29 is 19.6 Å². The van der Waals surface area contributed by atoms with Gasteiger partial charge in [0.15, 0.2) is 0 Å². The molecule has 0 radical (unpaired) electrons. The van der Waals surface area contributed by atoms with Crippen molar-refractivity contribution in [3.05, 3.63) is 58.1 Å². The van der Waals surface area contributed by atoms with Gasteiger partial charge in [0, 0.05) is 6.07 Å². The van der Waals surface area contributed by atoms with Crippen LogP contribution in [0.5, 0.6) is 5.75 Å². The third kappa shape index (κ3) is 3.08. The largest absolute Gasteiger partial charge is 0.495 e. The first kappa shape index (κ1) is 14.3. The Hall–Kier alpha value is -3.09. The van der Waals surface area contributed by atoms with Crippen LogP contribution in [-0.4, -0.2) is 23.1 Å². The second kappa shape index (κ2) is 5.91. The van der Waals surface area contributed by atoms with Gasteiger partial charge in [0.25, 0.3) is 5.69 Å². The number of aromatic carboxylic acids is 1. The Bertz CT molecular complexity index is 700. The van der Waals surface area contributed by atoms with Crippen molar-refractivity contribution in [3.8, 4) is 5.75 Å². The van der Waals surface area contributed by atoms with Crippen molar-refractivity contribution in [2.45, 2.75) is 0 Å². The summed E-state index contributed by atoms with van der Waals surface area (Å²) >= 11 is 0. The minimum Gasteiger partial charge on any atom is -0.495 e. The number of anilines is 2. The molecule has 2 rings (SSSR count). The van der Waals surface area contributed by atoms with Gasteiger partial charge in [0.05, 0.1) is 23.3 Å². The molecule has 0 aromatic heterocycles. The van der Waals surface area contributed by atoms with E-state index >= 15 is 0 Å². The normalized spacial score (nSPS) is 9.95. The first-order chi connectivity index (χ1) is 10.0. The van der Waals surface area contributed by atoms with E-state index in [1.54, 1.807) is 24.3 Å². The summed E-state index contributed by atoms with van der Waals surface area (Å²) in [5.74, 6) is -0.666. The van der Waals surface area contributed by atoms with E-state index < -0.39 is 10.9 Å². The van der Waals surface area contributed by atoms with Crippen LogP contribution in [-0.2, 0) is 0 Å². The molecule has 0 spiro atoms. The molecule has 0 fully saturated rings. The van der Waals surface area contributed by atoms with Crippen LogP contribution in [0.4, 0.5) is 17.1 Å². The predicted octanol–water partition coefficient (Wildman–Crippen LogP) is 3.05. The van der Waals surface area contributed by atoms with Crippen LogP contribution in [0.15, 0.2) is 42.5 Å². The van der Waals surface area contributed by atoms with Crippen LogP contribution in [0.25, 0.3) is 0 Å². The van der Waals surface area contributed by atoms with E-state index in [1.807, 2.05) is 0 Å². The van der Waals surface area contributed by atoms with Crippen LogP contribution in [0.3, 0.4) is 0 Å². The van der Waals surface area contributed by atoms with Crippen molar-refractivity contribution in [2.75, 3.05) is 12.4 Å². The molecule has 0 aliphatic rings. The topological polar surface area (TPSA) is 102 Å². The van der Waals surface area contributed by atoms with E-state index in [2.05, 4.69) is 5.32 Å². The zero-order valence-corrected chi connectivity index (χ0v) is 11.1. The summed E-state index contributed by atoms with van der Waals surface area (Å²) in [6.07, 6.45) is 0. The average Bonchev–Trinajstić information content (AvgIpc) is 2.47. The molecule has 0 amide bonds. The number of para-hydroxylation sites is 2. The number of carboxylic acids is 1. The average molecular weight is 288 g/mol. The Morgan fingerprint density at radius 1 is 1.24 bits per heavy atom. The standard InChI is InChI=1S/C14H12N2O5/c1-21-13-5-3-2-4-10(13)15-11-8-9(14(17)18)6-7-12(11)16(19)20/h2-8,15H,1H3,(H,17,18). The van der Waals surface area contributed by atoms with Crippen LogP contribution < -0.4 is 10.1 Å². The number of ether oxygens (including phenoxy) is 1. The fourth-order valence-electron chi connectivity index (χ4n) is 1.82. The lowest BCUT2D eigenvalue weighted by molar-refractivity contribution is -0.383. The van der Waals surface area contributed by atoms with Crippen LogP contribution >= 0.6 is 0 Å². The molecular weight excluding hydrogens is 276 g/mol. The third-order valence-corrected chi connectivity index (χ3v) is 2.82. The number of hydrogen-bond donors (Lipinski definition) is 2. The zero-order chi connectivity index (χ0) is 15.4. The number of rotatable bonds is 5. The quantitative estimate of drug-likeness (QED) is 0.647. The molecule has 0 aliphatic carbocycles. The molecule has 0 heterocycles. The Kier molecular flexibility index (Phi) is 4.03. The molecule has 2 aromatic carbocycles. The Balaban J connectivity index is 2.48. The molecule has 108 valence electrons. The maximum absolute atomic E-state index is 11.0. The Morgan fingerprint density at radius 2 is 1.95 bits per heavy atom. The molecule has 7 heteroatoms. The van der Waals surface area contributed by atoms with Gasteiger partial charge in [-0.05, 0) is 24.3 Å². The van der Waals surface area contributed by atoms with E-state index in [0.717, 1.165) is 6.07 Å². The van der Waals surface area contributed by atoms with E-state index in [9.17, 15) is 14.9 Å². The van der Waals surface area contributed by atoms with E-state index in [0.29, 0.717) is 11.4 Å². The highest BCUT2D eigenvalue weighted by Gasteiger charge is 2.17. The van der Waals surface area contributed by atoms with Crippen molar-refractivity contribution in [3.63, 3.8) is 0 Å².